The number of carbonyl (C=O) groups excluding carboxylic acids is 3. The summed E-state index contributed by atoms with van der Waals surface area (Å²) in [5.74, 6) is -1.46. The molecule has 8 heteroatoms. The van der Waals surface area contributed by atoms with Crippen molar-refractivity contribution in [3.8, 4) is 0 Å². The van der Waals surface area contributed by atoms with Gasteiger partial charge in [0.15, 0.2) is 12.4 Å². The summed E-state index contributed by atoms with van der Waals surface area (Å²) in [5.41, 5.74) is 1.28. The number of nitro benzene ring substituents is 1. The van der Waals surface area contributed by atoms with Crippen LogP contribution >= 0.6 is 0 Å². The summed E-state index contributed by atoms with van der Waals surface area (Å²) < 4.78 is 5.00. The molecule has 30 heavy (non-hydrogen) atoms. The Morgan fingerprint density at radius 1 is 0.800 bits per heavy atom. The number of benzene rings is 3. The Hall–Kier alpha value is -4.33. The zero-order valence-corrected chi connectivity index (χ0v) is 15.6. The van der Waals surface area contributed by atoms with Crippen molar-refractivity contribution >= 4 is 29.0 Å². The number of hydrogen-bond donors (Lipinski definition) is 1. The highest BCUT2D eigenvalue weighted by Crippen LogP contribution is 2.14. The number of amides is 1. The van der Waals surface area contributed by atoms with Crippen molar-refractivity contribution in [2.45, 2.75) is 0 Å². The zero-order valence-electron chi connectivity index (χ0n) is 15.6. The van der Waals surface area contributed by atoms with Gasteiger partial charge in [-0.15, -0.1) is 0 Å². The highest BCUT2D eigenvalue weighted by atomic mass is 16.6. The molecule has 0 atom stereocenters. The van der Waals surface area contributed by atoms with Crippen LogP contribution in [0.1, 0.15) is 31.1 Å². The first-order valence-corrected chi connectivity index (χ1v) is 8.85. The number of rotatable bonds is 7. The van der Waals surface area contributed by atoms with E-state index in [1.165, 1.54) is 36.4 Å². The van der Waals surface area contributed by atoms with Crippen molar-refractivity contribution in [1.82, 2.24) is 0 Å². The Morgan fingerprint density at radius 3 is 2.00 bits per heavy atom. The van der Waals surface area contributed by atoms with Crippen molar-refractivity contribution in [3.05, 3.63) is 106 Å². The van der Waals surface area contributed by atoms with Gasteiger partial charge in [0, 0.05) is 28.9 Å². The number of anilines is 1. The maximum absolute atomic E-state index is 12.1. The van der Waals surface area contributed by atoms with E-state index < -0.39 is 23.3 Å². The number of non-ortho nitro benzene ring substituents is 1. The number of ketones is 1. The number of ether oxygens (including phenoxy) is 1. The lowest BCUT2D eigenvalue weighted by atomic mass is 10.1. The molecule has 0 aliphatic rings. The van der Waals surface area contributed by atoms with E-state index in [1.54, 1.807) is 36.4 Å². The normalized spacial score (nSPS) is 10.1. The van der Waals surface area contributed by atoms with Gasteiger partial charge >= 0.3 is 5.97 Å². The quantitative estimate of drug-likeness (QED) is 0.276. The highest BCUT2D eigenvalue weighted by molar-refractivity contribution is 6.04. The number of hydrogen-bond acceptors (Lipinski definition) is 6. The molecule has 0 bridgehead atoms. The summed E-state index contributed by atoms with van der Waals surface area (Å²) >= 11 is 0. The minimum absolute atomic E-state index is 0.136. The van der Waals surface area contributed by atoms with Gasteiger partial charge in [-0.1, -0.05) is 18.2 Å². The Kier molecular flexibility index (Phi) is 6.29. The lowest BCUT2D eigenvalue weighted by molar-refractivity contribution is -0.384. The summed E-state index contributed by atoms with van der Waals surface area (Å²) in [6.45, 7) is -0.497. The second kappa shape index (κ2) is 9.24. The van der Waals surface area contributed by atoms with E-state index in [-0.39, 0.29) is 22.7 Å². The van der Waals surface area contributed by atoms with Crippen molar-refractivity contribution < 1.29 is 24.0 Å². The first-order chi connectivity index (χ1) is 14.4. The summed E-state index contributed by atoms with van der Waals surface area (Å²) in [5, 5.41) is 13.4. The zero-order chi connectivity index (χ0) is 21.5. The third kappa shape index (κ3) is 5.14. The Bertz CT molecular complexity index is 1080. The van der Waals surface area contributed by atoms with E-state index in [0.29, 0.717) is 11.3 Å². The predicted octanol–water partition coefficient (Wildman–Crippen LogP) is 3.89. The van der Waals surface area contributed by atoms with Crippen LogP contribution in [0.15, 0.2) is 78.9 Å². The molecule has 0 saturated heterocycles. The fraction of sp³-hybridized carbons (Fsp3) is 0.0455. The fourth-order valence-electron chi connectivity index (χ4n) is 2.55. The smallest absolute Gasteiger partial charge is 0.338 e. The molecule has 0 radical (unpaired) electrons. The molecule has 3 rings (SSSR count). The summed E-state index contributed by atoms with van der Waals surface area (Å²) in [6, 6.07) is 19.8. The molecule has 0 fully saturated rings. The molecule has 8 nitrogen and oxygen atoms in total. The first-order valence-electron chi connectivity index (χ1n) is 8.85. The number of esters is 1. The monoisotopic (exact) mass is 404 g/mol. The van der Waals surface area contributed by atoms with Crippen molar-refractivity contribution in [2.24, 2.45) is 0 Å². The van der Waals surface area contributed by atoms with Crippen molar-refractivity contribution in [1.29, 1.82) is 0 Å². The molecule has 1 N–H and O–H groups in total. The van der Waals surface area contributed by atoms with Gasteiger partial charge < -0.3 is 10.1 Å². The van der Waals surface area contributed by atoms with Gasteiger partial charge in [0.05, 0.1) is 10.5 Å². The average molecular weight is 404 g/mol. The Morgan fingerprint density at radius 2 is 1.40 bits per heavy atom. The van der Waals surface area contributed by atoms with Crippen LogP contribution in [-0.2, 0) is 4.74 Å². The van der Waals surface area contributed by atoms with Gasteiger partial charge in [-0.05, 0) is 48.5 Å². The van der Waals surface area contributed by atoms with Crippen LogP contribution in [-0.4, -0.2) is 29.2 Å². The molecular formula is C22H16N2O6. The third-order valence-corrected chi connectivity index (χ3v) is 4.15. The van der Waals surface area contributed by atoms with E-state index >= 15 is 0 Å². The van der Waals surface area contributed by atoms with Crippen LogP contribution in [0.5, 0.6) is 0 Å². The summed E-state index contributed by atoms with van der Waals surface area (Å²) in [4.78, 5) is 46.4. The standard InChI is InChI=1S/C22H16N2O6/c25-20(15-8-12-19(13-9-15)24(28)29)14-30-22(27)17-6-10-18(11-7-17)23-21(26)16-4-2-1-3-5-16/h1-13H,14H2,(H,23,26). The van der Waals surface area contributed by atoms with Crippen molar-refractivity contribution in [3.63, 3.8) is 0 Å². The molecule has 150 valence electrons. The molecule has 0 unspecified atom stereocenters. The summed E-state index contributed by atoms with van der Waals surface area (Å²) in [7, 11) is 0. The largest absolute Gasteiger partial charge is 0.454 e. The molecule has 3 aromatic rings. The number of nitrogens with one attached hydrogen (secondary N) is 1. The van der Waals surface area contributed by atoms with Crippen molar-refractivity contribution in [2.75, 3.05) is 11.9 Å². The van der Waals surface area contributed by atoms with Gasteiger partial charge in [-0.3, -0.25) is 19.7 Å². The van der Waals surface area contributed by atoms with Gasteiger partial charge in [0.25, 0.3) is 11.6 Å². The van der Waals surface area contributed by atoms with Gasteiger partial charge in [-0.25, -0.2) is 4.79 Å². The lowest BCUT2D eigenvalue weighted by Gasteiger charge is -2.07. The molecule has 0 aromatic heterocycles. The first kappa shape index (κ1) is 20.4. The van der Waals surface area contributed by atoms with Crippen LogP contribution in [0.4, 0.5) is 11.4 Å². The molecule has 0 saturated carbocycles. The number of nitrogens with zero attached hydrogens (tertiary/aromatic N) is 1. The molecule has 0 heterocycles. The van der Waals surface area contributed by atoms with Gasteiger partial charge in [0.2, 0.25) is 0 Å². The molecule has 0 aliphatic heterocycles. The second-order valence-electron chi connectivity index (χ2n) is 6.20. The third-order valence-electron chi connectivity index (χ3n) is 4.15. The predicted molar refractivity (Wildman–Crippen MR) is 109 cm³/mol. The van der Waals surface area contributed by atoms with Gasteiger partial charge in [0.1, 0.15) is 0 Å². The van der Waals surface area contributed by atoms with Crippen LogP contribution in [0.2, 0.25) is 0 Å². The number of nitro groups is 1. The lowest BCUT2D eigenvalue weighted by Crippen LogP contribution is -2.15. The average Bonchev–Trinajstić information content (AvgIpc) is 2.78. The number of Topliss-reactive ketones (excluding diaryl/α,β-unsaturated/α-hetero) is 1. The number of carbonyl (C=O) groups is 3. The SMILES string of the molecule is O=C(COC(=O)c1ccc(NC(=O)c2ccccc2)cc1)c1ccc([N+](=O)[O-])cc1. The van der Waals surface area contributed by atoms with Crippen LogP contribution in [0.3, 0.4) is 0 Å². The summed E-state index contributed by atoms with van der Waals surface area (Å²) in [6.07, 6.45) is 0. The molecule has 0 aliphatic carbocycles. The minimum atomic E-state index is -0.703. The van der Waals surface area contributed by atoms with E-state index in [2.05, 4.69) is 5.32 Å². The van der Waals surface area contributed by atoms with E-state index in [0.717, 1.165) is 0 Å². The van der Waals surface area contributed by atoms with Crippen LogP contribution in [0.25, 0.3) is 0 Å². The van der Waals surface area contributed by atoms with Crippen LogP contribution in [0, 0.1) is 10.1 Å². The molecular weight excluding hydrogens is 388 g/mol. The molecule has 1 amide bonds. The van der Waals surface area contributed by atoms with E-state index in [9.17, 15) is 24.5 Å². The minimum Gasteiger partial charge on any atom is -0.454 e. The highest BCUT2D eigenvalue weighted by Gasteiger charge is 2.14. The van der Waals surface area contributed by atoms with Gasteiger partial charge in [-0.2, -0.15) is 0 Å². The van der Waals surface area contributed by atoms with Crippen LogP contribution < -0.4 is 5.32 Å². The topological polar surface area (TPSA) is 116 Å². The Balaban J connectivity index is 1.54. The molecule has 0 spiro atoms. The second-order valence-corrected chi connectivity index (χ2v) is 6.20. The fourth-order valence-corrected chi connectivity index (χ4v) is 2.55. The molecule has 3 aromatic carbocycles. The Labute approximate surface area is 171 Å². The maximum atomic E-state index is 12.1. The maximum Gasteiger partial charge on any atom is 0.338 e. The van der Waals surface area contributed by atoms with E-state index in [4.69, 9.17) is 4.74 Å². The van der Waals surface area contributed by atoms with E-state index in [1.807, 2.05) is 6.07 Å².